The van der Waals surface area contributed by atoms with Crippen molar-refractivity contribution in [3.8, 4) is 5.75 Å². The SMILES string of the molecule is COc1ccnc(C(=O)N2C[C@@H]3CC[C@H](C2)N(C)C3)c1. The van der Waals surface area contributed by atoms with E-state index in [1.54, 1.807) is 25.4 Å². The highest BCUT2D eigenvalue weighted by atomic mass is 16.5. The molecule has 1 amide bonds. The molecular formula is C15H21N3O2. The number of piperidine rings is 1. The standard InChI is InChI=1S/C15H21N3O2/c1-17-8-11-3-4-12(17)10-18(9-11)15(19)14-7-13(20-2)5-6-16-14/h5-7,11-12H,3-4,8-10H2,1-2H3/t11-,12-/m1/s1. The molecule has 0 radical (unpaired) electrons. The summed E-state index contributed by atoms with van der Waals surface area (Å²) >= 11 is 0. The highest BCUT2D eigenvalue weighted by molar-refractivity contribution is 5.92. The fourth-order valence-corrected chi connectivity index (χ4v) is 3.30. The first-order valence-electron chi connectivity index (χ1n) is 7.17. The number of nitrogens with zero attached hydrogens (tertiary/aromatic N) is 3. The Kier molecular flexibility index (Phi) is 3.61. The zero-order valence-electron chi connectivity index (χ0n) is 12.1. The van der Waals surface area contributed by atoms with Gasteiger partial charge in [0, 0.05) is 37.9 Å². The van der Waals surface area contributed by atoms with Gasteiger partial charge in [0.1, 0.15) is 11.4 Å². The van der Waals surface area contributed by atoms with Crippen LogP contribution in [0.15, 0.2) is 18.3 Å². The van der Waals surface area contributed by atoms with Crippen LogP contribution >= 0.6 is 0 Å². The number of carbonyl (C=O) groups excluding carboxylic acids is 1. The monoisotopic (exact) mass is 275 g/mol. The normalized spacial score (nSPS) is 26.4. The molecule has 2 atom stereocenters. The number of methoxy groups -OCH3 is 1. The number of hydrogen-bond donors (Lipinski definition) is 0. The summed E-state index contributed by atoms with van der Waals surface area (Å²) in [4.78, 5) is 21.2. The molecule has 3 saturated heterocycles. The second kappa shape index (κ2) is 5.40. The van der Waals surface area contributed by atoms with Crippen molar-refractivity contribution in [1.82, 2.24) is 14.8 Å². The van der Waals surface area contributed by atoms with Crippen molar-refractivity contribution in [2.24, 2.45) is 5.92 Å². The molecule has 0 aromatic carbocycles. The minimum atomic E-state index is 0.0242. The van der Waals surface area contributed by atoms with E-state index in [1.165, 1.54) is 12.8 Å². The Labute approximate surface area is 119 Å². The molecule has 5 nitrogen and oxygen atoms in total. The van der Waals surface area contributed by atoms with E-state index in [2.05, 4.69) is 16.9 Å². The van der Waals surface area contributed by atoms with Gasteiger partial charge < -0.3 is 14.5 Å². The maximum Gasteiger partial charge on any atom is 0.272 e. The third-order valence-electron chi connectivity index (χ3n) is 4.46. The first-order valence-corrected chi connectivity index (χ1v) is 7.17. The number of ether oxygens (including phenoxy) is 1. The molecule has 4 heterocycles. The molecule has 2 bridgehead atoms. The van der Waals surface area contributed by atoms with E-state index >= 15 is 0 Å². The van der Waals surface area contributed by atoms with Gasteiger partial charge in [-0.3, -0.25) is 9.78 Å². The van der Waals surface area contributed by atoms with Crippen LogP contribution in [-0.4, -0.2) is 60.5 Å². The Hall–Kier alpha value is -1.62. The zero-order valence-corrected chi connectivity index (χ0v) is 12.1. The average molecular weight is 275 g/mol. The Morgan fingerprint density at radius 2 is 2.20 bits per heavy atom. The van der Waals surface area contributed by atoms with Gasteiger partial charge in [0.15, 0.2) is 0 Å². The lowest BCUT2D eigenvalue weighted by molar-refractivity contribution is 0.0736. The summed E-state index contributed by atoms with van der Waals surface area (Å²) in [5, 5.41) is 0. The molecule has 3 aliphatic heterocycles. The third-order valence-corrected chi connectivity index (χ3v) is 4.46. The maximum atomic E-state index is 12.6. The third kappa shape index (κ3) is 2.50. The van der Waals surface area contributed by atoms with Crippen LogP contribution in [0.4, 0.5) is 0 Å². The number of carbonyl (C=O) groups is 1. The Morgan fingerprint density at radius 3 is 2.95 bits per heavy atom. The summed E-state index contributed by atoms with van der Waals surface area (Å²) in [5.41, 5.74) is 0.480. The second-order valence-electron chi connectivity index (χ2n) is 5.83. The molecule has 0 saturated carbocycles. The van der Waals surface area contributed by atoms with Gasteiger partial charge in [-0.25, -0.2) is 0 Å². The van der Waals surface area contributed by atoms with Crippen molar-refractivity contribution in [2.75, 3.05) is 33.8 Å². The van der Waals surface area contributed by atoms with Crippen molar-refractivity contribution in [3.63, 3.8) is 0 Å². The van der Waals surface area contributed by atoms with Crippen LogP contribution in [0.2, 0.25) is 0 Å². The van der Waals surface area contributed by atoms with Crippen LogP contribution in [-0.2, 0) is 0 Å². The van der Waals surface area contributed by atoms with Crippen LogP contribution in [0, 0.1) is 5.92 Å². The van der Waals surface area contributed by atoms with Crippen molar-refractivity contribution < 1.29 is 9.53 Å². The Bertz CT molecular complexity index is 506. The number of rotatable bonds is 2. The van der Waals surface area contributed by atoms with Crippen LogP contribution < -0.4 is 4.74 Å². The number of likely N-dealkylation sites (N-methyl/N-ethyl adjacent to an activating group) is 1. The number of pyridine rings is 1. The van der Waals surface area contributed by atoms with Crippen molar-refractivity contribution in [2.45, 2.75) is 18.9 Å². The van der Waals surface area contributed by atoms with Crippen molar-refractivity contribution in [1.29, 1.82) is 0 Å². The van der Waals surface area contributed by atoms with Gasteiger partial charge in [0.2, 0.25) is 0 Å². The molecule has 4 rings (SSSR count). The van der Waals surface area contributed by atoms with Gasteiger partial charge in [0.25, 0.3) is 5.91 Å². The highest BCUT2D eigenvalue weighted by Crippen LogP contribution is 2.27. The molecular weight excluding hydrogens is 254 g/mol. The molecule has 108 valence electrons. The molecule has 0 N–H and O–H groups in total. The first-order chi connectivity index (χ1) is 9.67. The zero-order chi connectivity index (χ0) is 14.1. The molecule has 0 spiro atoms. The van der Waals surface area contributed by atoms with Crippen LogP contribution in [0.5, 0.6) is 5.75 Å². The average Bonchev–Trinajstić information content (AvgIpc) is 2.77. The topological polar surface area (TPSA) is 45.7 Å². The summed E-state index contributed by atoms with van der Waals surface area (Å²) in [6.07, 6.45) is 4.05. The molecule has 3 fully saturated rings. The van der Waals surface area contributed by atoms with Crippen molar-refractivity contribution >= 4 is 5.91 Å². The predicted molar refractivity (Wildman–Crippen MR) is 75.8 cm³/mol. The number of amides is 1. The quantitative estimate of drug-likeness (QED) is 0.815. The lowest BCUT2D eigenvalue weighted by Gasteiger charge is -2.32. The smallest absolute Gasteiger partial charge is 0.272 e. The van der Waals surface area contributed by atoms with E-state index in [0.717, 1.165) is 19.6 Å². The van der Waals surface area contributed by atoms with Gasteiger partial charge in [-0.2, -0.15) is 0 Å². The molecule has 3 aliphatic rings. The lowest BCUT2D eigenvalue weighted by atomic mass is 9.96. The van der Waals surface area contributed by atoms with Gasteiger partial charge in [-0.05, 0) is 31.9 Å². The minimum Gasteiger partial charge on any atom is -0.497 e. The van der Waals surface area contributed by atoms with Gasteiger partial charge in [-0.1, -0.05) is 0 Å². The largest absolute Gasteiger partial charge is 0.497 e. The van der Waals surface area contributed by atoms with Gasteiger partial charge in [0.05, 0.1) is 7.11 Å². The van der Waals surface area contributed by atoms with Gasteiger partial charge in [-0.15, -0.1) is 0 Å². The summed E-state index contributed by atoms with van der Waals surface area (Å²) < 4.78 is 5.17. The second-order valence-corrected chi connectivity index (χ2v) is 5.83. The van der Waals surface area contributed by atoms with E-state index in [-0.39, 0.29) is 5.91 Å². The molecule has 0 unspecified atom stereocenters. The summed E-state index contributed by atoms with van der Waals surface area (Å²) in [7, 11) is 3.76. The minimum absolute atomic E-state index is 0.0242. The Morgan fingerprint density at radius 1 is 1.35 bits per heavy atom. The number of hydrogen-bond acceptors (Lipinski definition) is 4. The predicted octanol–water partition coefficient (Wildman–Crippen LogP) is 1.26. The summed E-state index contributed by atoms with van der Waals surface area (Å²) in [5.74, 6) is 1.29. The molecule has 1 aromatic rings. The fraction of sp³-hybridized carbons (Fsp3) is 0.600. The van der Waals surface area contributed by atoms with E-state index in [4.69, 9.17) is 4.74 Å². The summed E-state index contributed by atoms with van der Waals surface area (Å²) in [6, 6.07) is 3.97. The molecule has 1 aromatic heterocycles. The lowest BCUT2D eigenvalue weighted by Crippen LogP contribution is -2.42. The molecule has 0 aliphatic carbocycles. The fourth-order valence-electron chi connectivity index (χ4n) is 3.30. The molecule has 20 heavy (non-hydrogen) atoms. The van der Waals surface area contributed by atoms with Crippen molar-refractivity contribution in [3.05, 3.63) is 24.0 Å². The van der Waals surface area contributed by atoms with Crippen LogP contribution in [0.1, 0.15) is 23.3 Å². The van der Waals surface area contributed by atoms with Crippen LogP contribution in [0.3, 0.4) is 0 Å². The number of aromatic nitrogens is 1. The van der Waals surface area contributed by atoms with E-state index < -0.39 is 0 Å². The summed E-state index contributed by atoms with van der Waals surface area (Å²) in [6.45, 7) is 2.75. The van der Waals surface area contributed by atoms with E-state index in [9.17, 15) is 4.79 Å². The number of fused-ring (bicyclic) bond motifs is 4. The molecule has 5 heteroatoms. The Balaban J connectivity index is 1.80. The maximum absolute atomic E-state index is 12.6. The van der Waals surface area contributed by atoms with Crippen LogP contribution in [0.25, 0.3) is 0 Å². The first kappa shape index (κ1) is 13.4. The highest BCUT2D eigenvalue weighted by Gasteiger charge is 2.35. The van der Waals surface area contributed by atoms with E-state index in [1.807, 2.05) is 4.90 Å². The van der Waals surface area contributed by atoms with E-state index in [0.29, 0.717) is 23.4 Å². The van der Waals surface area contributed by atoms with Gasteiger partial charge >= 0.3 is 0 Å².